The van der Waals surface area contributed by atoms with Crippen LogP contribution in [0.3, 0.4) is 0 Å². The number of carbonyl (C=O) groups is 1. The van der Waals surface area contributed by atoms with E-state index < -0.39 is 0 Å². The fourth-order valence-electron chi connectivity index (χ4n) is 1.45. The van der Waals surface area contributed by atoms with Gasteiger partial charge in [-0.3, -0.25) is 4.79 Å². The number of methoxy groups -OCH3 is 1. The summed E-state index contributed by atoms with van der Waals surface area (Å²) in [5.41, 5.74) is 0.510. The van der Waals surface area contributed by atoms with Crippen LogP contribution in [0.1, 0.15) is 10.4 Å². The Bertz CT molecular complexity index is 552. The third-order valence-corrected chi connectivity index (χ3v) is 3.72. The van der Waals surface area contributed by atoms with Gasteiger partial charge < -0.3 is 4.74 Å². The van der Waals surface area contributed by atoms with E-state index in [0.29, 0.717) is 10.6 Å². The van der Waals surface area contributed by atoms with Crippen LogP contribution in [0.15, 0.2) is 52.3 Å². The minimum atomic E-state index is 0.475. The smallest absolute Gasteiger partial charge is 0.151 e. The second-order valence-corrected chi connectivity index (χ2v) is 5.13. The van der Waals surface area contributed by atoms with Crippen molar-refractivity contribution in [3.63, 3.8) is 0 Å². The lowest BCUT2D eigenvalue weighted by molar-refractivity contribution is 0.112. The molecule has 0 unspecified atom stereocenters. The topological polar surface area (TPSA) is 26.3 Å². The van der Waals surface area contributed by atoms with Gasteiger partial charge in [0, 0.05) is 15.4 Å². The lowest BCUT2D eigenvalue weighted by Gasteiger charge is -2.04. The highest BCUT2D eigenvalue weighted by Gasteiger charge is 2.03. The average molecular weight is 279 g/mol. The molecule has 92 valence electrons. The monoisotopic (exact) mass is 278 g/mol. The van der Waals surface area contributed by atoms with E-state index in [-0.39, 0.29) is 0 Å². The van der Waals surface area contributed by atoms with Crippen molar-refractivity contribution in [2.75, 3.05) is 7.11 Å². The molecule has 18 heavy (non-hydrogen) atoms. The number of hydrogen-bond acceptors (Lipinski definition) is 3. The van der Waals surface area contributed by atoms with E-state index in [1.165, 1.54) is 0 Å². The van der Waals surface area contributed by atoms with Gasteiger partial charge in [-0.05, 0) is 42.5 Å². The molecule has 0 radical (unpaired) electrons. The normalized spacial score (nSPS) is 10.1. The number of hydrogen-bond donors (Lipinski definition) is 0. The Balaban J connectivity index is 2.17. The van der Waals surface area contributed by atoms with Crippen molar-refractivity contribution in [2.24, 2.45) is 0 Å². The molecule has 0 fully saturated rings. The van der Waals surface area contributed by atoms with E-state index in [1.54, 1.807) is 31.0 Å². The van der Waals surface area contributed by atoms with Gasteiger partial charge in [-0.25, -0.2) is 0 Å². The third-order valence-electron chi connectivity index (χ3n) is 2.39. The maximum Gasteiger partial charge on any atom is 0.151 e. The molecule has 0 saturated carbocycles. The highest BCUT2D eigenvalue weighted by atomic mass is 35.5. The van der Waals surface area contributed by atoms with Crippen molar-refractivity contribution in [3.8, 4) is 5.75 Å². The lowest BCUT2D eigenvalue weighted by atomic mass is 10.2. The van der Waals surface area contributed by atoms with Gasteiger partial charge in [0.2, 0.25) is 0 Å². The van der Waals surface area contributed by atoms with Crippen LogP contribution in [0.25, 0.3) is 0 Å². The Morgan fingerprint density at radius 3 is 2.33 bits per heavy atom. The van der Waals surface area contributed by atoms with E-state index in [1.807, 2.05) is 30.3 Å². The van der Waals surface area contributed by atoms with Crippen molar-refractivity contribution >= 4 is 29.6 Å². The lowest BCUT2D eigenvalue weighted by Crippen LogP contribution is -1.83. The van der Waals surface area contributed by atoms with Crippen LogP contribution in [0, 0.1) is 0 Å². The molecule has 4 heteroatoms. The first-order valence-corrected chi connectivity index (χ1v) is 6.49. The molecule has 0 heterocycles. The molecular formula is C14H11ClO2S. The van der Waals surface area contributed by atoms with Crippen LogP contribution in [-0.2, 0) is 0 Å². The number of rotatable bonds is 4. The second-order valence-electron chi connectivity index (χ2n) is 3.58. The van der Waals surface area contributed by atoms with Gasteiger partial charge in [0.15, 0.2) is 6.29 Å². The molecule has 2 rings (SSSR count). The molecule has 2 aromatic carbocycles. The van der Waals surface area contributed by atoms with E-state index in [9.17, 15) is 4.79 Å². The van der Waals surface area contributed by atoms with E-state index >= 15 is 0 Å². The maximum absolute atomic E-state index is 10.7. The first kappa shape index (κ1) is 13.0. The highest BCUT2D eigenvalue weighted by Crippen LogP contribution is 2.31. The fraction of sp³-hybridized carbons (Fsp3) is 0.0714. The minimum Gasteiger partial charge on any atom is -0.497 e. The SMILES string of the molecule is COc1ccc(Sc2ccc(C=O)c(Cl)c2)cc1. The molecule has 0 spiro atoms. The van der Waals surface area contributed by atoms with Crippen molar-refractivity contribution in [1.29, 1.82) is 0 Å². The van der Waals surface area contributed by atoms with Gasteiger partial charge in [-0.15, -0.1) is 0 Å². The first-order chi connectivity index (χ1) is 8.72. The third kappa shape index (κ3) is 3.06. The Kier molecular flexibility index (Phi) is 4.28. The van der Waals surface area contributed by atoms with Gasteiger partial charge >= 0.3 is 0 Å². The van der Waals surface area contributed by atoms with Crippen LogP contribution >= 0.6 is 23.4 Å². The number of carbonyl (C=O) groups excluding carboxylic acids is 1. The van der Waals surface area contributed by atoms with Gasteiger partial charge in [0.25, 0.3) is 0 Å². The quantitative estimate of drug-likeness (QED) is 0.780. The largest absolute Gasteiger partial charge is 0.497 e. The van der Waals surface area contributed by atoms with Crippen LogP contribution in [-0.4, -0.2) is 13.4 Å². The molecule has 0 atom stereocenters. The molecule has 0 aromatic heterocycles. The predicted octanol–water partition coefficient (Wildman–Crippen LogP) is 4.31. The summed E-state index contributed by atoms with van der Waals surface area (Å²) in [4.78, 5) is 12.7. The molecule has 0 amide bonds. The molecule has 0 aliphatic carbocycles. The fourth-order valence-corrected chi connectivity index (χ4v) is 2.59. The van der Waals surface area contributed by atoms with Crippen molar-refractivity contribution < 1.29 is 9.53 Å². The molecule has 0 N–H and O–H groups in total. The van der Waals surface area contributed by atoms with Gasteiger partial charge in [0.05, 0.1) is 12.1 Å². The summed E-state index contributed by atoms with van der Waals surface area (Å²) in [5.74, 6) is 0.827. The first-order valence-electron chi connectivity index (χ1n) is 5.29. The van der Waals surface area contributed by atoms with E-state index in [4.69, 9.17) is 16.3 Å². The Morgan fingerprint density at radius 1 is 1.11 bits per heavy atom. The summed E-state index contributed by atoms with van der Waals surface area (Å²) >= 11 is 7.56. The summed E-state index contributed by atoms with van der Waals surface area (Å²) in [6.07, 6.45) is 0.754. The number of ether oxygens (including phenoxy) is 1. The summed E-state index contributed by atoms with van der Waals surface area (Å²) in [6.45, 7) is 0. The number of halogens is 1. The van der Waals surface area contributed by atoms with Crippen molar-refractivity contribution in [3.05, 3.63) is 53.1 Å². The van der Waals surface area contributed by atoms with Gasteiger partial charge in [-0.1, -0.05) is 23.4 Å². The maximum atomic E-state index is 10.7. The molecule has 0 aliphatic rings. The van der Waals surface area contributed by atoms with Crippen LogP contribution in [0.5, 0.6) is 5.75 Å². The molecule has 0 saturated heterocycles. The average Bonchev–Trinajstić information content (AvgIpc) is 2.40. The van der Waals surface area contributed by atoms with Gasteiger partial charge in [0.1, 0.15) is 5.75 Å². The highest BCUT2D eigenvalue weighted by molar-refractivity contribution is 7.99. The zero-order valence-corrected chi connectivity index (χ0v) is 11.3. The van der Waals surface area contributed by atoms with Crippen LogP contribution < -0.4 is 4.74 Å². The zero-order valence-electron chi connectivity index (χ0n) is 9.72. The van der Waals surface area contributed by atoms with E-state index in [0.717, 1.165) is 21.8 Å². The van der Waals surface area contributed by atoms with E-state index in [2.05, 4.69) is 0 Å². The van der Waals surface area contributed by atoms with Crippen LogP contribution in [0.2, 0.25) is 5.02 Å². The standard InChI is InChI=1S/C14H11ClO2S/c1-17-11-3-6-12(7-4-11)18-13-5-2-10(9-16)14(15)8-13/h2-9H,1H3. The molecule has 0 aliphatic heterocycles. The summed E-state index contributed by atoms with van der Waals surface area (Å²) in [5, 5.41) is 0.475. The number of aldehydes is 1. The van der Waals surface area contributed by atoms with Crippen molar-refractivity contribution in [1.82, 2.24) is 0 Å². The van der Waals surface area contributed by atoms with Crippen molar-refractivity contribution in [2.45, 2.75) is 9.79 Å². The zero-order chi connectivity index (χ0) is 13.0. The second kappa shape index (κ2) is 5.94. The molecule has 2 nitrogen and oxygen atoms in total. The minimum absolute atomic E-state index is 0.475. The Labute approximate surface area is 115 Å². The molecule has 2 aromatic rings. The Hall–Kier alpha value is -1.45. The predicted molar refractivity (Wildman–Crippen MR) is 74.0 cm³/mol. The summed E-state index contributed by atoms with van der Waals surface area (Å²) in [6, 6.07) is 13.2. The summed E-state index contributed by atoms with van der Waals surface area (Å²) in [7, 11) is 1.64. The molecule has 0 bridgehead atoms. The number of benzene rings is 2. The summed E-state index contributed by atoms with van der Waals surface area (Å²) < 4.78 is 5.10. The Morgan fingerprint density at radius 2 is 1.78 bits per heavy atom. The molecular weight excluding hydrogens is 268 g/mol. The van der Waals surface area contributed by atoms with Gasteiger partial charge in [-0.2, -0.15) is 0 Å². The van der Waals surface area contributed by atoms with Crippen LogP contribution in [0.4, 0.5) is 0 Å².